The minimum Gasteiger partial charge on any atom is -0.222 e. The highest BCUT2D eigenvalue weighted by Crippen LogP contribution is 2.30. The summed E-state index contributed by atoms with van der Waals surface area (Å²) in [7, 11) is 0. The molecule has 4 N–H and O–H groups in total. The molecule has 9 heteroatoms. The molecule has 0 aliphatic heterocycles. The average molecular weight is 571 g/mol. The summed E-state index contributed by atoms with van der Waals surface area (Å²) in [5.74, 6) is 0. The number of isocyanates is 4. The van der Waals surface area contributed by atoms with Gasteiger partial charge in [0, 0.05) is 5.41 Å². The lowest BCUT2D eigenvalue weighted by molar-refractivity contribution is 0.562. The molecular formula is C32H31ClN4O4. The molecule has 4 rings (SSSR count). The van der Waals surface area contributed by atoms with E-state index in [1.165, 1.54) is 11.1 Å². The smallest absolute Gasteiger partial charge is 0.222 e. The van der Waals surface area contributed by atoms with Crippen LogP contribution in [0.25, 0.3) is 0 Å². The lowest BCUT2D eigenvalue weighted by atomic mass is 9.78. The van der Waals surface area contributed by atoms with Gasteiger partial charge in [0.25, 0.3) is 0 Å². The fourth-order valence-corrected chi connectivity index (χ4v) is 3.60. The molecule has 0 atom stereocenters. The Balaban J connectivity index is 0. The minimum atomic E-state index is -0.0441. The van der Waals surface area contributed by atoms with Crippen LogP contribution in [0.1, 0.15) is 41.5 Å². The molecule has 210 valence electrons. The molecule has 8 nitrogen and oxygen atoms in total. The highest BCUT2D eigenvalue weighted by Gasteiger charge is 2.21. The molecule has 0 amide bonds. The predicted molar refractivity (Wildman–Crippen MR) is 159 cm³/mol. The van der Waals surface area contributed by atoms with E-state index >= 15 is 0 Å². The topological polar surface area (TPSA) is 164 Å². The van der Waals surface area contributed by atoms with Crippen LogP contribution >= 0.6 is 11.6 Å². The number of halogens is 1. The van der Waals surface area contributed by atoms with Crippen LogP contribution < -0.4 is 0 Å². The molecule has 0 saturated carbocycles. The van der Waals surface area contributed by atoms with Crippen molar-refractivity contribution in [3.63, 3.8) is 0 Å². The first-order valence-electron chi connectivity index (χ1n) is 11.8. The second-order valence-electron chi connectivity index (χ2n) is 7.95. The zero-order valence-corrected chi connectivity index (χ0v) is 23.4. The number of alkyl halides is 1. The quantitative estimate of drug-likeness (QED) is 0.113. The first kappa shape index (κ1) is 37.8. The number of rotatable bonds is 4. The van der Waals surface area contributed by atoms with Crippen molar-refractivity contribution in [1.29, 1.82) is 21.6 Å². The van der Waals surface area contributed by atoms with Gasteiger partial charge in [0.2, 0.25) is 24.3 Å². The van der Waals surface area contributed by atoms with Crippen molar-refractivity contribution < 1.29 is 19.2 Å². The Morgan fingerprint density at radius 3 is 0.902 bits per heavy atom. The van der Waals surface area contributed by atoms with Crippen molar-refractivity contribution >= 4 is 35.9 Å². The van der Waals surface area contributed by atoms with Crippen LogP contribution in [0, 0.1) is 21.6 Å². The second-order valence-corrected chi connectivity index (χ2v) is 8.39. The summed E-state index contributed by atoms with van der Waals surface area (Å²) in [4.78, 5) is 33.4. The summed E-state index contributed by atoms with van der Waals surface area (Å²) in [6.07, 6.45) is 3.00. The summed E-state index contributed by atoms with van der Waals surface area (Å²) in [6, 6.07) is 41.5. The van der Waals surface area contributed by atoms with E-state index in [1.54, 1.807) is 0 Å². The molecule has 0 heterocycles. The summed E-state index contributed by atoms with van der Waals surface area (Å²) < 4.78 is 0. The first-order valence-corrected chi connectivity index (χ1v) is 12.2. The van der Waals surface area contributed by atoms with Crippen molar-refractivity contribution in [2.75, 3.05) is 0 Å². The van der Waals surface area contributed by atoms with Gasteiger partial charge in [0.05, 0.1) is 5.38 Å². The van der Waals surface area contributed by atoms with Gasteiger partial charge in [0.1, 0.15) is 0 Å². The third-order valence-corrected chi connectivity index (χ3v) is 5.68. The van der Waals surface area contributed by atoms with Gasteiger partial charge >= 0.3 is 0 Å². The van der Waals surface area contributed by atoms with Gasteiger partial charge in [-0.1, -0.05) is 135 Å². The maximum atomic E-state index is 8.35. The molecule has 0 aliphatic carbocycles. The molecule has 4 aromatic rings. The number of nitrogens with one attached hydrogen (secondary N) is 4. The molecule has 41 heavy (non-hydrogen) atoms. The molecule has 0 unspecified atom stereocenters. The third kappa shape index (κ3) is 17.0. The van der Waals surface area contributed by atoms with Gasteiger partial charge in [0.15, 0.2) is 0 Å². The zero-order valence-electron chi connectivity index (χ0n) is 22.6. The summed E-state index contributed by atoms with van der Waals surface area (Å²) in [5, 5.41) is 21.6. The highest BCUT2D eigenvalue weighted by molar-refractivity contribution is 6.22. The number of carbonyl (C=O) groups excluding carboxylic acids is 4. The Morgan fingerprint density at radius 1 is 0.488 bits per heavy atom. The van der Waals surface area contributed by atoms with Crippen LogP contribution in [0.4, 0.5) is 0 Å². The fraction of sp³-hybridized carbons (Fsp3) is 0.125. The lowest BCUT2D eigenvalue weighted by Crippen LogP contribution is -2.18. The Kier molecular flexibility index (Phi) is 23.1. The average Bonchev–Trinajstić information content (AvgIpc) is 3.01. The van der Waals surface area contributed by atoms with Crippen LogP contribution in [-0.4, -0.2) is 24.3 Å². The standard InChI is InChI=1S/C15H16.C13H11Cl.4CHNO/c1-15(2,13-9-5-3-6-10-13)14-11-7-4-8-12-14;14-13(11-7-3-1-4-8-11)12-9-5-2-6-10-12;4*2-1-3/h3-12H,1-2H3;1-10,13H;4*2H. The summed E-state index contributed by atoms with van der Waals surface area (Å²) in [5.41, 5.74) is 5.08. The van der Waals surface area contributed by atoms with Crippen LogP contribution in [-0.2, 0) is 24.6 Å². The molecular weight excluding hydrogens is 540 g/mol. The fourth-order valence-electron chi connectivity index (χ4n) is 3.31. The molecule has 0 aromatic heterocycles. The van der Waals surface area contributed by atoms with E-state index in [-0.39, 0.29) is 10.8 Å². The first-order chi connectivity index (χ1) is 19.7. The number of benzene rings is 4. The minimum absolute atomic E-state index is 0.0441. The van der Waals surface area contributed by atoms with E-state index in [4.69, 9.17) is 52.4 Å². The van der Waals surface area contributed by atoms with E-state index in [1.807, 2.05) is 60.7 Å². The lowest BCUT2D eigenvalue weighted by Gasteiger charge is -2.25. The molecule has 0 aliphatic rings. The van der Waals surface area contributed by atoms with Crippen molar-refractivity contribution in [2.24, 2.45) is 0 Å². The Morgan fingerprint density at radius 2 is 0.683 bits per heavy atom. The monoisotopic (exact) mass is 570 g/mol. The van der Waals surface area contributed by atoms with E-state index in [2.05, 4.69) is 74.5 Å². The molecule has 0 radical (unpaired) electrons. The maximum Gasteiger partial charge on any atom is 0.231 e. The SMILES string of the molecule is CC(C)(c1ccccc1)c1ccccc1.ClC(c1ccccc1)c1ccccc1.N=C=O.N=C=O.N=C=O.N=C=O. The van der Waals surface area contributed by atoms with E-state index < -0.39 is 0 Å². The van der Waals surface area contributed by atoms with Gasteiger partial charge in [-0.3, -0.25) is 0 Å². The van der Waals surface area contributed by atoms with Crippen molar-refractivity contribution in [3.05, 3.63) is 144 Å². The molecule has 4 aromatic carbocycles. The maximum absolute atomic E-state index is 8.35. The molecule has 0 spiro atoms. The third-order valence-electron chi connectivity index (χ3n) is 5.18. The van der Waals surface area contributed by atoms with Crippen molar-refractivity contribution in [1.82, 2.24) is 0 Å². The highest BCUT2D eigenvalue weighted by atomic mass is 35.5. The van der Waals surface area contributed by atoms with E-state index in [0.29, 0.717) is 0 Å². The van der Waals surface area contributed by atoms with Crippen molar-refractivity contribution in [2.45, 2.75) is 24.6 Å². The van der Waals surface area contributed by atoms with Gasteiger partial charge in [-0.2, -0.15) is 0 Å². The summed E-state index contributed by atoms with van der Waals surface area (Å²) in [6.45, 7) is 4.52. The van der Waals surface area contributed by atoms with Gasteiger partial charge < -0.3 is 0 Å². The van der Waals surface area contributed by atoms with E-state index in [9.17, 15) is 0 Å². The van der Waals surface area contributed by atoms with Gasteiger partial charge in [-0.05, 0) is 22.3 Å². The summed E-state index contributed by atoms with van der Waals surface area (Å²) >= 11 is 6.33. The number of hydrogen-bond donors (Lipinski definition) is 4. The molecule has 0 fully saturated rings. The van der Waals surface area contributed by atoms with E-state index in [0.717, 1.165) is 35.4 Å². The van der Waals surface area contributed by atoms with Crippen LogP contribution in [0.15, 0.2) is 121 Å². The Bertz CT molecular complexity index is 1220. The largest absolute Gasteiger partial charge is 0.231 e. The Labute approximate surface area is 244 Å². The molecule has 0 bridgehead atoms. The van der Waals surface area contributed by atoms with Gasteiger partial charge in [-0.15, -0.1) is 11.6 Å². The second kappa shape index (κ2) is 25.0. The van der Waals surface area contributed by atoms with Crippen LogP contribution in [0.3, 0.4) is 0 Å². The Hall–Kier alpha value is -5.31. The van der Waals surface area contributed by atoms with Gasteiger partial charge in [-0.25, -0.2) is 40.8 Å². The van der Waals surface area contributed by atoms with Crippen LogP contribution in [0.5, 0.6) is 0 Å². The van der Waals surface area contributed by atoms with Crippen LogP contribution in [0.2, 0.25) is 0 Å². The normalized spacial score (nSPS) is 8.49. The van der Waals surface area contributed by atoms with Crippen molar-refractivity contribution in [3.8, 4) is 0 Å². The predicted octanol–water partition coefficient (Wildman–Crippen LogP) is 7.63. The zero-order chi connectivity index (χ0) is 31.4. The number of hydrogen-bond acceptors (Lipinski definition) is 8. The molecule has 0 saturated heterocycles.